The molecule has 0 bridgehead atoms. The van der Waals surface area contributed by atoms with Gasteiger partial charge in [0.1, 0.15) is 0 Å². The molecule has 1 unspecified atom stereocenters. The Balaban J connectivity index is 2.47. The van der Waals surface area contributed by atoms with E-state index in [0.29, 0.717) is 0 Å². The smallest absolute Gasteiger partial charge is 0.451 e. The molecule has 2 rings (SSSR count). The van der Waals surface area contributed by atoms with Crippen LogP contribution in [0.4, 0.5) is 13.2 Å². The molecule has 1 aliphatic heterocycles. The van der Waals surface area contributed by atoms with Crippen molar-refractivity contribution >= 4 is 17.6 Å². The fourth-order valence-electron chi connectivity index (χ4n) is 1.90. The van der Waals surface area contributed by atoms with Crippen molar-refractivity contribution in [3.8, 4) is 0 Å². The van der Waals surface area contributed by atoms with Gasteiger partial charge in [0.2, 0.25) is 11.5 Å². The van der Waals surface area contributed by atoms with E-state index in [9.17, 15) is 18.0 Å². The molecule has 1 aromatic rings. The Kier molecular flexibility index (Phi) is 3.33. The zero-order valence-corrected chi connectivity index (χ0v) is 10.8. The van der Waals surface area contributed by atoms with Crippen LogP contribution in [0.2, 0.25) is 5.02 Å². The van der Waals surface area contributed by atoms with E-state index in [-0.39, 0.29) is 10.6 Å². The molecular weight excluding hydrogens is 299 g/mol. The average Bonchev–Trinajstić information content (AvgIpc) is 2.69. The first-order valence-corrected chi connectivity index (χ1v) is 5.80. The van der Waals surface area contributed by atoms with Gasteiger partial charge in [-0.1, -0.05) is 29.8 Å². The topological polar surface area (TPSA) is 58.6 Å². The third-order valence-corrected chi connectivity index (χ3v) is 3.09. The van der Waals surface area contributed by atoms with Gasteiger partial charge in [0, 0.05) is 10.6 Å². The molecule has 0 radical (unpaired) electrons. The highest BCUT2D eigenvalue weighted by Gasteiger charge is 2.51. The zero-order chi connectivity index (χ0) is 15.1. The van der Waals surface area contributed by atoms with Crippen LogP contribution in [0.25, 0.3) is 0 Å². The summed E-state index contributed by atoms with van der Waals surface area (Å²) in [4.78, 5) is 10.9. The van der Waals surface area contributed by atoms with E-state index in [0.717, 1.165) is 0 Å². The number of carbonyl (C=O) groups is 1. The molecule has 20 heavy (non-hydrogen) atoms. The summed E-state index contributed by atoms with van der Waals surface area (Å²) >= 11 is 5.92. The molecule has 0 saturated heterocycles. The normalized spacial score (nSPS) is 22.4. The average molecular weight is 308 g/mol. The van der Waals surface area contributed by atoms with E-state index in [1.54, 1.807) is 12.1 Å². The number of nitrogens with one attached hydrogen (secondary N) is 1. The fourth-order valence-corrected chi connectivity index (χ4v) is 2.21. The number of benzene rings is 1. The first kappa shape index (κ1) is 14.5. The van der Waals surface area contributed by atoms with Crippen molar-refractivity contribution in [1.82, 2.24) is 5.32 Å². The van der Waals surface area contributed by atoms with Crippen LogP contribution in [-0.2, 0) is 15.3 Å². The van der Waals surface area contributed by atoms with E-state index >= 15 is 0 Å². The molecule has 0 saturated carbocycles. The van der Waals surface area contributed by atoms with Gasteiger partial charge in [0.05, 0.1) is 0 Å². The van der Waals surface area contributed by atoms with Gasteiger partial charge < -0.3 is 15.2 Å². The Hall–Kier alpha value is -1.89. The molecule has 0 aromatic heterocycles. The predicted molar refractivity (Wildman–Crippen MR) is 63.7 cm³/mol. The Bertz CT molecular complexity index is 600. The van der Waals surface area contributed by atoms with Gasteiger partial charge in [0.25, 0.3) is 0 Å². The maximum atomic E-state index is 12.8. The summed E-state index contributed by atoms with van der Waals surface area (Å²) in [6.45, 7) is 1.27. The van der Waals surface area contributed by atoms with Crippen molar-refractivity contribution in [1.29, 1.82) is 0 Å². The van der Waals surface area contributed by atoms with Crippen LogP contribution < -0.4 is 5.32 Å². The number of allylic oxidation sites excluding steroid dienone is 1. The molecule has 0 fully saturated rings. The molecule has 1 aliphatic rings. The van der Waals surface area contributed by atoms with Crippen molar-refractivity contribution in [2.24, 2.45) is 0 Å². The van der Waals surface area contributed by atoms with Crippen LogP contribution in [0.1, 0.15) is 12.5 Å². The molecule has 8 heteroatoms. The summed E-state index contributed by atoms with van der Waals surface area (Å²) in [5, 5.41) is 11.3. The zero-order valence-electron chi connectivity index (χ0n) is 10.1. The second-order valence-corrected chi connectivity index (χ2v) is 4.65. The summed E-state index contributed by atoms with van der Waals surface area (Å²) in [7, 11) is 0. The molecule has 108 valence electrons. The van der Waals surface area contributed by atoms with Gasteiger partial charge in [0.15, 0.2) is 5.70 Å². The fraction of sp³-hybridized carbons (Fsp3) is 0.250. The van der Waals surface area contributed by atoms with Crippen LogP contribution in [0.3, 0.4) is 0 Å². The molecular formula is C12H9ClF3NO3. The first-order chi connectivity index (χ1) is 9.15. The van der Waals surface area contributed by atoms with E-state index < -0.39 is 29.3 Å². The Morgan fingerprint density at radius 1 is 1.40 bits per heavy atom. The number of hydrogen-bond acceptors (Lipinski definition) is 3. The number of rotatable bonds is 2. The minimum absolute atomic E-state index is 0.163. The summed E-state index contributed by atoms with van der Waals surface area (Å²) < 4.78 is 43.3. The third-order valence-electron chi connectivity index (χ3n) is 2.76. The molecule has 0 amide bonds. The number of ether oxygens (including phenoxy) is 1. The maximum Gasteiger partial charge on any atom is 0.451 e. The van der Waals surface area contributed by atoms with Crippen LogP contribution in [0.5, 0.6) is 0 Å². The first-order valence-electron chi connectivity index (χ1n) is 5.42. The minimum Gasteiger partial charge on any atom is -0.476 e. The van der Waals surface area contributed by atoms with Crippen molar-refractivity contribution in [3.05, 3.63) is 46.3 Å². The highest BCUT2D eigenvalue weighted by Crippen LogP contribution is 2.42. The second-order valence-electron chi connectivity index (χ2n) is 4.25. The van der Waals surface area contributed by atoms with E-state index in [2.05, 4.69) is 5.32 Å². The standard InChI is InChI=1S/C12H9ClF3NO3/c1-11(6-4-2-3-5-7(6)13)17-8(10(18)19)9(20-11)12(14,15)16/h2-5,17H,1H3,(H,18,19). The van der Waals surface area contributed by atoms with Gasteiger partial charge in [-0.3, -0.25) is 0 Å². The van der Waals surface area contributed by atoms with E-state index in [1.165, 1.54) is 19.1 Å². The van der Waals surface area contributed by atoms with Crippen LogP contribution in [0, 0.1) is 0 Å². The lowest BCUT2D eigenvalue weighted by atomic mass is 10.0. The molecule has 1 atom stereocenters. The minimum atomic E-state index is -4.92. The van der Waals surface area contributed by atoms with Crippen molar-refractivity contribution < 1.29 is 27.8 Å². The van der Waals surface area contributed by atoms with Crippen molar-refractivity contribution in [3.63, 3.8) is 0 Å². The third kappa shape index (κ3) is 2.40. The lowest BCUT2D eigenvalue weighted by Gasteiger charge is -2.27. The predicted octanol–water partition coefficient (Wildman–Crippen LogP) is 2.99. The Morgan fingerprint density at radius 3 is 2.45 bits per heavy atom. The largest absolute Gasteiger partial charge is 0.476 e. The van der Waals surface area contributed by atoms with Gasteiger partial charge >= 0.3 is 12.1 Å². The highest BCUT2D eigenvalue weighted by molar-refractivity contribution is 6.31. The van der Waals surface area contributed by atoms with Gasteiger partial charge in [-0.05, 0) is 13.0 Å². The molecule has 2 N–H and O–H groups in total. The quantitative estimate of drug-likeness (QED) is 0.882. The summed E-state index contributed by atoms with van der Waals surface area (Å²) in [5.74, 6) is -3.33. The number of aliphatic carboxylic acids is 1. The lowest BCUT2D eigenvalue weighted by Crippen LogP contribution is -2.37. The Labute approximate surface area is 116 Å². The van der Waals surface area contributed by atoms with Crippen molar-refractivity contribution in [2.75, 3.05) is 0 Å². The molecule has 1 heterocycles. The van der Waals surface area contributed by atoms with E-state index in [4.69, 9.17) is 21.4 Å². The highest BCUT2D eigenvalue weighted by atomic mass is 35.5. The van der Waals surface area contributed by atoms with Crippen LogP contribution in [0.15, 0.2) is 35.7 Å². The summed E-state index contributed by atoms with van der Waals surface area (Å²) in [6, 6.07) is 6.08. The van der Waals surface area contributed by atoms with Crippen molar-refractivity contribution in [2.45, 2.75) is 18.8 Å². The second kappa shape index (κ2) is 4.59. The number of halogens is 4. The number of alkyl halides is 3. The SMILES string of the molecule is CC1(c2ccccc2Cl)NC(C(=O)O)=C(C(F)(F)F)O1. The Morgan fingerprint density at radius 2 is 2.00 bits per heavy atom. The van der Waals surface area contributed by atoms with Gasteiger partial charge in [-0.2, -0.15) is 13.2 Å². The van der Waals surface area contributed by atoms with Crippen LogP contribution in [-0.4, -0.2) is 17.3 Å². The molecule has 0 spiro atoms. The summed E-state index contributed by atoms with van der Waals surface area (Å²) in [6.07, 6.45) is -4.92. The van der Waals surface area contributed by atoms with Crippen LogP contribution >= 0.6 is 11.6 Å². The van der Waals surface area contributed by atoms with E-state index in [1.807, 2.05) is 0 Å². The van der Waals surface area contributed by atoms with Gasteiger partial charge in [-0.25, -0.2) is 4.79 Å². The monoisotopic (exact) mass is 307 g/mol. The van der Waals surface area contributed by atoms with Gasteiger partial charge in [-0.15, -0.1) is 0 Å². The molecule has 1 aromatic carbocycles. The molecule has 0 aliphatic carbocycles. The number of hydrogen-bond donors (Lipinski definition) is 2. The number of carboxylic acid groups (broad SMARTS) is 1. The maximum absolute atomic E-state index is 12.8. The lowest BCUT2D eigenvalue weighted by molar-refractivity contribution is -0.150. The molecule has 4 nitrogen and oxygen atoms in total. The summed E-state index contributed by atoms with van der Waals surface area (Å²) in [5.41, 5.74) is -2.53. The number of carboxylic acids is 1.